The quantitative estimate of drug-likeness (QED) is 0.273. The van der Waals surface area contributed by atoms with E-state index >= 15 is 0 Å². The highest BCUT2D eigenvalue weighted by atomic mass is 127. The van der Waals surface area contributed by atoms with Crippen molar-refractivity contribution < 1.29 is 4.79 Å². The molecule has 28 heavy (non-hydrogen) atoms. The van der Waals surface area contributed by atoms with Crippen molar-refractivity contribution in [2.45, 2.75) is 46.3 Å². The molecule has 0 heterocycles. The molecule has 0 atom stereocenters. The van der Waals surface area contributed by atoms with Gasteiger partial charge in [-0.25, -0.2) is 4.99 Å². The van der Waals surface area contributed by atoms with Gasteiger partial charge in [0.05, 0.1) is 13.1 Å². The van der Waals surface area contributed by atoms with Gasteiger partial charge in [-0.15, -0.1) is 24.0 Å². The van der Waals surface area contributed by atoms with Crippen LogP contribution in [0.3, 0.4) is 0 Å². The number of likely N-dealkylation sites (N-methyl/N-ethyl adjacent to an activating group) is 1. The summed E-state index contributed by atoms with van der Waals surface area (Å²) in [6, 6.07) is 9.05. The molecule has 0 saturated heterocycles. The number of nitrogens with one attached hydrogen (secondary N) is 2. The molecule has 0 bridgehead atoms. The number of amides is 1. The van der Waals surface area contributed by atoms with Gasteiger partial charge in [-0.05, 0) is 45.4 Å². The number of hydrogen-bond donors (Lipinski definition) is 2. The van der Waals surface area contributed by atoms with E-state index in [1.54, 1.807) is 19.0 Å². The fraction of sp³-hybridized carbons (Fsp3) is 0.600. The Morgan fingerprint density at radius 1 is 1.07 bits per heavy atom. The van der Waals surface area contributed by atoms with Gasteiger partial charge in [0.1, 0.15) is 0 Å². The van der Waals surface area contributed by atoms with E-state index in [-0.39, 0.29) is 36.4 Å². The fourth-order valence-corrected chi connectivity index (χ4v) is 2.93. The molecule has 6 nitrogen and oxygen atoms in total. The predicted molar refractivity (Wildman–Crippen MR) is 132 cm³/mol. The van der Waals surface area contributed by atoms with Gasteiger partial charge in [0, 0.05) is 43.7 Å². The van der Waals surface area contributed by atoms with Crippen molar-refractivity contribution in [1.29, 1.82) is 0 Å². The molecule has 0 fully saturated rings. The maximum absolute atomic E-state index is 11.9. The summed E-state index contributed by atoms with van der Waals surface area (Å²) >= 11 is 3.44. The molecule has 0 radical (unpaired) electrons. The van der Waals surface area contributed by atoms with E-state index in [0.29, 0.717) is 24.6 Å². The zero-order valence-electron chi connectivity index (χ0n) is 17.8. The number of guanidine groups is 1. The van der Waals surface area contributed by atoms with Crippen LogP contribution in [0.15, 0.2) is 33.7 Å². The van der Waals surface area contributed by atoms with E-state index in [4.69, 9.17) is 0 Å². The Bertz CT molecular complexity index is 597. The molecule has 2 N–H and O–H groups in total. The molecule has 1 rings (SSSR count). The number of benzene rings is 1. The molecule has 0 unspecified atom stereocenters. The lowest BCUT2D eigenvalue weighted by molar-refractivity contribution is -0.127. The van der Waals surface area contributed by atoms with Crippen LogP contribution in [0.5, 0.6) is 0 Å². The van der Waals surface area contributed by atoms with E-state index in [2.05, 4.69) is 64.2 Å². The Labute approximate surface area is 195 Å². The second kappa shape index (κ2) is 14.2. The molecule has 0 aliphatic rings. The number of hydrogen-bond acceptors (Lipinski definition) is 3. The van der Waals surface area contributed by atoms with Crippen LogP contribution in [0.2, 0.25) is 0 Å². The Balaban J connectivity index is 0.00000729. The second-order valence-electron chi connectivity index (χ2n) is 7.29. The highest BCUT2D eigenvalue weighted by Gasteiger charge is 2.13. The molecule has 1 amide bonds. The lowest BCUT2D eigenvalue weighted by atomic mass is 10.2. The highest BCUT2D eigenvalue weighted by molar-refractivity contribution is 14.0. The summed E-state index contributed by atoms with van der Waals surface area (Å²) in [4.78, 5) is 20.5. The predicted octanol–water partition coefficient (Wildman–Crippen LogP) is 3.31. The Kier molecular flexibility index (Phi) is 13.7. The number of rotatable bonds is 9. The molecule has 0 aliphatic heterocycles. The van der Waals surface area contributed by atoms with Crippen molar-refractivity contribution in [2.24, 2.45) is 4.99 Å². The van der Waals surface area contributed by atoms with Crippen LogP contribution in [-0.2, 0) is 11.3 Å². The molecule has 0 spiro atoms. The topological polar surface area (TPSA) is 60.0 Å². The van der Waals surface area contributed by atoms with Crippen LogP contribution < -0.4 is 10.6 Å². The van der Waals surface area contributed by atoms with Gasteiger partial charge >= 0.3 is 0 Å². The van der Waals surface area contributed by atoms with E-state index in [0.717, 1.165) is 23.1 Å². The molecular weight excluding hydrogens is 533 g/mol. The first kappa shape index (κ1) is 27.1. The Morgan fingerprint density at radius 2 is 1.64 bits per heavy atom. The summed E-state index contributed by atoms with van der Waals surface area (Å²) in [5.41, 5.74) is 1.12. The van der Waals surface area contributed by atoms with Crippen molar-refractivity contribution in [3.63, 3.8) is 0 Å². The van der Waals surface area contributed by atoms with Gasteiger partial charge in [0.25, 0.3) is 0 Å². The minimum Gasteiger partial charge on any atom is -0.355 e. The molecule has 160 valence electrons. The van der Waals surface area contributed by atoms with Crippen LogP contribution in [0.4, 0.5) is 0 Å². The summed E-state index contributed by atoms with van der Waals surface area (Å²) in [5, 5.41) is 6.49. The maximum atomic E-state index is 11.9. The molecule has 1 aromatic rings. The average molecular weight is 568 g/mol. The number of carbonyl (C=O) groups excluding carboxylic acids is 1. The second-order valence-corrected chi connectivity index (χ2v) is 8.20. The average Bonchev–Trinajstić information content (AvgIpc) is 2.60. The van der Waals surface area contributed by atoms with Gasteiger partial charge in [0.15, 0.2) is 5.96 Å². The molecule has 0 aliphatic carbocycles. The van der Waals surface area contributed by atoms with Crippen LogP contribution in [0.1, 0.15) is 33.3 Å². The fourth-order valence-electron chi connectivity index (χ4n) is 2.67. The smallest absolute Gasteiger partial charge is 0.241 e. The zero-order valence-corrected chi connectivity index (χ0v) is 21.7. The molecule has 0 saturated carbocycles. The number of nitrogens with zero attached hydrogens (tertiary/aromatic N) is 3. The standard InChI is InChI=1S/C20H34BrN5O.HI/c1-15(2)26(16(3)4)12-11-22-20(24-14-19(27)25(5)6)23-13-17-7-9-18(21)10-8-17;/h7-10,15-16H,11-14H2,1-6H3,(H2,22,23,24);1H. The number of aliphatic imine (C=N–C) groups is 1. The minimum absolute atomic E-state index is 0. The summed E-state index contributed by atoms with van der Waals surface area (Å²) in [7, 11) is 3.50. The SMILES string of the molecule is CC(C)N(CCNC(=NCc1ccc(Br)cc1)NCC(=O)N(C)C)C(C)C.I. The summed E-state index contributed by atoms with van der Waals surface area (Å²) in [6.07, 6.45) is 0. The van der Waals surface area contributed by atoms with E-state index in [1.165, 1.54) is 0 Å². The first-order chi connectivity index (χ1) is 12.7. The third kappa shape index (κ3) is 10.6. The van der Waals surface area contributed by atoms with Gasteiger partial charge in [0.2, 0.25) is 5.91 Å². The molecule has 8 heteroatoms. The third-order valence-corrected chi connectivity index (χ3v) is 4.76. The zero-order chi connectivity index (χ0) is 20.4. The van der Waals surface area contributed by atoms with Gasteiger partial charge in [-0.2, -0.15) is 0 Å². The monoisotopic (exact) mass is 567 g/mol. The Hall–Kier alpha value is -0.870. The van der Waals surface area contributed by atoms with Crippen LogP contribution in [0, 0.1) is 0 Å². The van der Waals surface area contributed by atoms with Crippen molar-refractivity contribution in [3.05, 3.63) is 34.3 Å². The van der Waals surface area contributed by atoms with Gasteiger partial charge in [-0.3, -0.25) is 9.69 Å². The highest BCUT2D eigenvalue weighted by Crippen LogP contribution is 2.11. The van der Waals surface area contributed by atoms with Crippen LogP contribution in [0.25, 0.3) is 0 Å². The summed E-state index contributed by atoms with van der Waals surface area (Å²) in [6.45, 7) is 11.3. The normalized spacial score (nSPS) is 11.6. The Morgan fingerprint density at radius 3 is 2.14 bits per heavy atom. The van der Waals surface area contributed by atoms with Crippen LogP contribution in [-0.4, -0.2) is 67.5 Å². The van der Waals surface area contributed by atoms with E-state index < -0.39 is 0 Å². The van der Waals surface area contributed by atoms with Crippen molar-refractivity contribution >= 4 is 51.8 Å². The maximum Gasteiger partial charge on any atom is 0.241 e. The minimum atomic E-state index is 0. The summed E-state index contributed by atoms with van der Waals surface area (Å²) < 4.78 is 1.05. The molecular formula is C20H35BrIN5O. The van der Waals surface area contributed by atoms with Crippen LogP contribution >= 0.6 is 39.9 Å². The lowest BCUT2D eigenvalue weighted by Crippen LogP contribution is -2.47. The first-order valence-corrected chi connectivity index (χ1v) is 10.2. The van der Waals surface area contributed by atoms with Crippen molar-refractivity contribution in [1.82, 2.24) is 20.4 Å². The van der Waals surface area contributed by atoms with E-state index in [9.17, 15) is 4.79 Å². The molecule has 1 aromatic carbocycles. The van der Waals surface area contributed by atoms with Gasteiger partial charge in [-0.1, -0.05) is 28.1 Å². The van der Waals surface area contributed by atoms with E-state index in [1.807, 2.05) is 24.3 Å². The van der Waals surface area contributed by atoms with Crippen molar-refractivity contribution in [2.75, 3.05) is 33.7 Å². The number of halogens is 2. The molecule has 0 aromatic heterocycles. The van der Waals surface area contributed by atoms with Gasteiger partial charge < -0.3 is 15.5 Å². The first-order valence-electron chi connectivity index (χ1n) is 9.43. The lowest BCUT2D eigenvalue weighted by Gasteiger charge is -2.30. The number of carbonyl (C=O) groups is 1. The largest absolute Gasteiger partial charge is 0.355 e. The third-order valence-electron chi connectivity index (χ3n) is 4.23. The summed E-state index contributed by atoms with van der Waals surface area (Å²) in [5.74, 6) is 0.666. The van der Waals surface area contributed by atoms with Crippen molar-refractivity contribution in [3.8, 4) is 0 Å².